The van der Waals surface area contributed by atoms with Crippen molar-refractivity contribution < 1.29 is 14.6 Å². The lowest BCUT2D eigenvalue weighted by atomic mass is 10.0. The Morgan fingerprint density at radius 1 is 1.09 bits per heavy atom. The van der Waals surface area contributed by atoms with Crippen molar-refractivity contribution in [3.63, 3.8) is 0 Å². The van der Waals surface area contributed by atoms with Crippen LogP contribution in [-0.4, -0.2) is 24.0 Å². The predicted octanol–water partition coefficient (Wildman–Crippen LogP) is 2.50. The zero-order chi connectivity index (χ0) is 15.4. The summed E-state index contributed by atoms with van der Waals surface area (Å²) in [6.07, 6.45) is 0.206. The number of rotatable bonds is 6. The van der Waals surface area contributed by atoms with Crippen LogP contribution in [0.25, 0.3) is 0 Å². The van der Waals surface area contributed by atoms with E-state index in [0.29, 0.717) is 13.0 Å². The quantitative estimate of drug-likeness (QED) is 0.860. The fourth-order valence-electron chi connectivity index (χ4n) is 2.57. The molecule has 1 heterocycles. The molecule has 3 rings (SSSR count). The standard InChI is InChI=1S/C18H21NO3/c1-13(16(20)10-14-6-3-2-4-7-14)19-11-15-8-5-9-17-18(15)22-12-21-17/h2-9,13,16,19-20H,10-12H2,1H3. The van der Waals surface area contributed by atoms with Crippen LogP contribution in [0, 0.1) is 0 Å². The largest absolute Gasteiger partial charge is 0.454 e. The summed E-state index contributed by atoms with van der Waals surface area (Å²) in [5.74, 6) is 1.59. The molecule has 2 unspecified atom stereocenters. The number of hydrogen-bond donors (Lipinski definition) is 2. The van der Waals surface area contributed by atoms with Crippen molar-refractivity contribution in [2.24, 2.45) is 0 Å². The minimum Gasteiger partial charge on any atom is -0.454 e. The maximum Gasteiger partial charge on any atom is 0.231 e. The van der Waals surface area contributed by atoms with Crippen LogP contribution in [-0.2, 0) is 13.0 Å². The molecule has 2 atom stereocenters. The summed E-state index contributed by atoms with van der Waals surface area (Å²) in [5, 5.41) is 13.7. The van der Waals surface area contributed by atoms with E-state index >= 15 is 0 Å². The molecule has 0 saturated carbocycles. The van der Waals surface area contributed by atoms with E-state index in [1.54, 1.807) is 0 Å². The lowest BCUT2D eigenvalue weighted by Crippen LogP contribution is -2.38. The van der Waals surface area contributed by atoms with E-state index in [4.69, 9.17) is 9.47 Å². The van der Waals surface area contributed by atoms with Gasteiger partial charge in [-0.05, 0) is 25.0 Å². The van der Waals surface area contributed by atoms with Crippen molar-refractivity contribution in [3.8, 4) is 11.5 Å². The monoisotopic (exact) mass is 299 g/mol. The molecule has 0 bridgehead atoms. The van der Waals surface area contributed by atoms with Gasteiger partial charge in [-0.1, -0.05) is 42.5 Å². The van der Waals surface area contributed by atoms with E-state index in [9.17, 15) is 5.11 Å². The summed E-state index contributed by atoms with van der Waals surface area (Å²) >= 11 is 0. The van der Waals surface area contributed by atoms with Gasteiger partial charge in [-0.3, -0.25) is 0 Å². The summed E-state index contributed by atoms with van der Waals surface area (Å²) < 4.78 is 10.9. The molecule has 0 spiro atoms. The third-order valence-electron chi connectivity index (χ3n) is 3.96. The first-order valence-electron chi connectivity index (χ1n) is 7.57. The average molecular weight is 299 g/mol. The molecule has 4 heteroatoms. The lowest BCUT2D eigenvalue weighted by Gasteiger charge is -2.21. The Kier molecular flexibility index (Phi) is 4.61. The third kappa shape index (κ3) is 3.40. The fourth-order valence-corrected chi connectivity index (χ4v) is 2.57. The predicted molar refractivity (Wildman–Crippen MR) is 85.0 cm³/mol. The molecule has 0 fully saturated rings. The maximum atomic E-state index is 10.3. The van der Waals surface area contributed by atoms with E-state index in [2.05, 4.69) is 5.32 Å². The number of ether oxygens (including phenoxy) is 2. The minimum absolute atomic E-state index is 0.0154. The lowest BCUT2D eigenvalue weighted by molar-refractivity contribution is 0.133. The van der Waals surface area contributed by atoms with Crippen LogP contribution in [0.2, 0.25) is 0 Å². The van der Waals surface area contributed by atoms with Crippen molar-refractivity contribution in [2.75, 3.05) is 6.79 Å². The SMILES string of the molecule is CC(NCc1cccc2c1OCO2)C(O)Cc1ccccc1. The number of aliphatic hydroxyl groups excluding tert-OH is 1. The second-order valence-electron chi connectivity index (χ2n) is 5.58. The fraction of sp³-hybridized carbons (Fsp3) is 0.333. The highest BCUT2D eigenvalue weighted by molar-refractivity contribution is 5.48. The van der Waals surface area contributed by atoms with Gasteiger partial charge in [0.1, 0.15) is 0 Å². The highest BCUT2D eigenvalue weighted by Crippen LogP contribution is 2.35. The van der Waals surface area contributed by atoms with Crippen LogP contribution in [0.1, 0.15) is 18.1 Å². The molecule has 2 aromatic carbocycles. The second kappa shape index (κ2) is 6.81. The molecule has 1 aliphatic heterocycles. The van der Waals surface area contributed by atoms with Crippen LogP contribution >= 0.6 is 0 Å². The Labute approximate surface area is 130 Å². The Morgan fingerprint density at radius 2 is 1.91 bits per heavy atom. The zero-order valence-electron chi connectivity index (χ0n) is 12.7. The molecular formula is C18H21NO3. The molecular weight excluding hydrogens is 278 g/mol. The molecule has 0 radical (unpaired) electrons. The van der Waals surface area contributed by atoms with Gasteiger partial charge in [0.15, 0.2) is 11.5 Å². The molecule has 1 aliphatic rings. The molecule has 116 valence electrons. The van der Waals surface area contributed by atoms with Gasteiger partial charge in [-0.2, -0.15) is 0 Å². The molecule has 0 aromatic heterocycles. The maximum absolute atomic E-state index is 10.3. The van der Waals surface area contributed by atoms with Gasteiger partial charge in [-0.15, -0.1) is 0 Å². The van der Waals surface area contributed by atoms with Gasteiger partial charge < -0.3 is 19.9 Å². The number of nitrogens with one attached hydrogen (secondary N) is 1. The summed E-state index contributed by atoms with van der Waals surface area (Å²) in [7, 11) is 0. The molecule has 4 nitrogen and oxygen atoms in total. The zero-order valence-corrected chi connectivity index (χ0v) is 12.7. The number of para-hydroxylation sites is 1. The molecule has 2 aromatic rings. The third-order valence-corrected chi connectivity index (χ3v) is 3.96. The van der Waals surface area contributed by atoms with Gasteiger partial charge in [0, 0.05) is 18.2 Å². The summed E-state index contributed by atoms with van der Waals surface area (Å²) in [6.45, 7) is 2.91. The molecule has 22 heavy (non-hydrogen) atoms. The molecule has 0 amide bonds. The first-order chi connectivity index (χ1) is 10.7. The highest BCUT2D eigenvalue weighted by atomic mass is 16.7. The first-order valence-corrected chi connectivity index (χ1v) is 7.57. The van der Waals surface area contributed by atoms with E-state index in [1.165, 1.54) is 0 Å². The number of benzene rings is 2. The normalized spacial score (nSPS) is 15.5. The Hall–Kier alpha value is -2.04. The van der Waals surface area contributed by atoms with Crippen LogP contribution in [0.15, 0.2) is 48.5 Å². The first kappa shape index (κ1) is 14.9. The van der Waals surface area contributed by atoms with Gasteiger partial charge >= 0.3 is 0 Å². The number of aliphatic hydroxyl groups is 1. The van der Waals surface area contributed by atoms with E-state index in [0.717, 1.165) is 22.6 Å². The van der Waals surface area contributed by atoms with Crippen molar-refractivity contribution in [3.05, 3.63) is 59.7 Å². The molecule has 2 N–H and O–H groups in total. The van der Waals surface area contributed by atoms with Gasteiger partial charge in [0.2, 0.25) is 6.79 Å². The number of fused-ring (bicyclic) bond motifs is 1. The van der Waals surface area contributed by atoms with Crippen LogP contribution in [0.4, 0.5) is 0 Å². The summed E-state index contributed by atoms with van der Waals surface area (Å²) in [6, 6.07) is 15.9. The van der Waals surface area contributed by atoms with E-state index in [1.807, 2.05) is 55.5 Å². The topological polar surface area (TPSA) is 50.7 Å². The van der Waals surface area contributed by atoms with Crippen molar-refractivity contribution in [1.82, 2.24) is 5.32 Å². The van der Waals surface area contributed by atoms with Crippen LogP contribution < -0.4 is 14.8 Å². The van der Waals surface area contributed by atoms with Gasteiger partial charge in [0.25, 0.3) is 0 Å². The summed E-state index contributed by atoms with van der Waals surface area (Å²) in [4.78, 5) is 0. The Bertz CT molecular complexity index is 615. The van der Waals surface area contributed by atoms with Crippen molar-refractivity contribution in [2.45, 2.75) is 32.0 Å². The van der Waals surface area contributed by atoms with Gasteiger partial charge in [-0.25, -0.2) is 0 Å². The molecule has 0 saturated heterocycles. The average Bonchev–Trinajstić information content (AvgIpc) is 3.02. The van der Waals surface area contributed by atoms with Crippen LogP contribution in [0.5, 0.6) is 11.5 Å². The van der Waals surface area contributed by atoms with Crippen molar-refractivity contribution in [1.29, 1.82) is 0 Å². The minimum atomic E-state index is -0.434. The Balaban J connectivity index is 1.56. The van der Waals surface area contributed by atoms with E-state index in [-0.39, 0.29) is 12.8 Å². The second-order valence-corrected chi connectivity index (χ2v) is 5.58. The van der Waals surface area contributed by atoms with E-state index < -0.39 is 6.10 Å². The van der Waals surface area contributed by atoms with Gasteiger partial charge in [0.05, 0.1) is 6.10 Å². The smallest absolute Gasteiger partial charge is 0.231 e. The van der Waals surface area contributed by atoms with Crippen LogP contribution in [0.3, 0.4) is 0 Å². The van der Waals surface area contributed by atoms with Crippen molar-refractivity contribution >= 4 is 0 Å². The highest BCUT2D eigenvalue weighted by Gasteiger charge is 2.19. The summed E-state index contributed by atoms with van der Waals surface area (Å²) in [5.41, 5.74) is 2.19. The Morgan fingerprint density at radius 3 is 2.73 bits per heavy atom. The number of hydrogen-bond acceptors (Lipinski definition) is 4. The molecule has 0 aliphatic carbocycles.